The number of hydrogen-bond acceptors (Lipinski definition) is 2. The van der Waals surface area contributed by atoms with Crippen LogP contribution in [0.2, 0.25) is 0 Å². The molecule has 0 spiro atoms. The number of aryl methyl sites for hydroxylation is 3. The number of ketones is 1. The first-order valence-corrected chi connectivity index (χ1v) is 6.37. The zero-order chi connectivity index (χ0) is 12.4. The number of hydrogen-bond donors (Lipinski definition) is 0. The van der Waals surface area contributed by atoms with E-state index < -0.39 is 0 Å². The number of carbonyl (C=O) groups excluding carboxylic acids is 1. The lowest BCUT2D eigenvalue weighted by Gasteiger charge is -2.27. The molecule has 1 saturated heterocycles. The largest absolute Gasteiger partial charge is 0.298 e. The number of piperidine rings is 1. The summed E-state index contributed by atoms with van der Waals surface area (Å²) in [6.45, 7) is 9.07. The van der Waals surface area contributed by atoms with Crippen molar-refractivity contribution in [1.29, 1.82) is 0 Å². The van der Waals surface area contributed by atoms with Crippen molar-refractivity contribution in [3.05, 3.63) is 34.4 Å². The Hall–Kier alpha value is -1.15. The predicted molar refractivity (Wildman–Crippen MR) is 70.2 cm³/mol. The summed E-state index contributed by atoms with van der Waals surface area (Å²) < 4.78 is 0. The van der Waals surface area contributed by atoms with E-state index in [0.717, 1.165) is 25.9 Å². The van der Waals surface area contributed by atoms with Gasteiger partial charge in [-0.05, 0) is 50.4 Å². The van der Waals surface area contributed by atoms with E-state index in [1.54, 1.807) is 0 Å². The third kappa shape index (κ3) is 2.95. The van der Waals surface area contributed by atoms with E-state index in [-0.39, 0.29) is 0 Å². The van der Waals surface area contributed by atoms with Gasteiger partial charge in [-0.15, -0.1) is 0 Å². The third-order valence-electron chi connectivity index (χ3n) is 3.55. The Morgan fingerprint density at radius 2 is 1.82 bits per heavy atom. The minimum atomic E-state index is 0.388. The zero-order valence-electron chi connectivity index (χ0n) is 11.0. The highest BCUT2D eigenvalue weighted by molar-refractivity contribution is 5.81. The van der Waals surface area contributed by atoms with Crippen LogP contribution in [0.25, 0.3) is 0 Å². The van der Waals surface area contributed by atoms with Gasteiger partial charge in [0, 0.05) is 13.0 Å². The lowest BCUT2D eigenvalue weighted by Crippen LogP contribution is -2.35. The van der Waals surface area contributed by atoms with Crippen LogP contribution >= 0.6 is 0 Å². The Bertz CT molecular complexity index is 414. The highest BCUT2D eigenvalue weighted by atomic mass is 16.1. The number of likely N-dealkylation sites (tertiary alicyclic amines) is 1. The van der Waals surface area contributed by atoms with Crippen LogP contribution in [0.15, 0.2) is 12.1 Å². The Morgan fingerprint density at radius 3 is 2.41 bits per heavy atom. The van der Waals surface area contributed by atoms with Gasteiger partial charge in [0.15, 0.2) is 0 Å². The second-order valence-corrected chi connectivity index (χ2v) is 5.23. The molecule has 1 aliphatic heterocycles. The van der Waals surface area contributed by atoms with E-state index in [9.17, 15) is 4.79 Å². The standard InChI is InChI=1S/C15H21NO/c1-11-7-12(2)15(13(3)8-11)10-16-6-4-5-14(17)9-16/h7-8H,4-6,9-10H2,1-3H3. The molecule has 1 fully saturated rings. The first-order chi connectivity index (χ1) is 8.06. The molecule has 1 aromatic rings. The molecule has 0 radical (unpaired) electrons. The molecule has 92 valence electrons. The lowest BCUT2D eigenvalue weighted by atomic mass is 9.98. The maximum atomic E-state index is 11.4. The van der Waals surface area contributed by atoms with Gasteiger partial charge in [-0.25, -0.2) is 0 Å². The fourth-order valence-electron chi connectivity index (χ4n) is 2.73. The average molecular weight is 231 g/mol. The highest BCUT2D eigenvalue weighted by Gasteiger charge is 2.18. The van der Waals surface area contributed by atoms with Gasteiger partial charge in [0.2, 0.25) is 0 Å². The molecule has 0 aliphatic carbocycles. The quantitative estimate of drug-likeness (QED) is 0.780. The maximum absolute atomic E-state index is 11.4. The molecule has 1 heterocycles. The zero-order valence-corrected chi connectivity index (χ0v) is 11.0. The number of Topliss-reactive ketones (excluding diaryl/α,β-unsaturated/α-hetero) is 1. The summed E-state index contributed by atoms with van der Waals surface area (Å²) in [4.78, 5) is 13.7. The van der Waals surface area contributed by atoms with E-state index in [1.807, 2.05) is 0 Å². The molecule has 0 N–H and O–H groups in total. The first-order valence-electron chi connectivity index (χ1n) is 6.37. The van der Waals surface area contributed by atoms with Gasteiger partial charge < -0.3 is 0 Å². The van der Waals surface area contributed by atoms with Gasteiger partial charge in [0.1, 0.15) is 5.78 Å². The molecular formula is C15H21NO. The lowest BCUT2D eigenvalue weighted by molar-refractivity contribution is -0.122. The van der Waals surface area contributed by atoms with Crippen LogP contribution in [-0.4, -0.2) is 23.8 Å². The average Bonchev–Trinajstić information content (AvgIpc) is 2.23. The SMILES string of the molecule is Cc1cc(C)c(CN2CCCC(=O)C2)c(C)c1. The molecule has 17 heavy (non-hydrogen) atoms. The van der Waals surface area contributed by atoms with Crippen molar-refractivity contribution >= 4 is 5.78 Å². The van der Waals surface area contributed by atoms with E-state index in [0.29, 0.717) is 12.3 Å². The van der Waals surface area contributed by atoms with Crippen molar-refractivity contribution in [1.82, 2.24) is 4.90 Å². The Labute approximate surface area is 104 Å². The summed E-state index contributed by atoms with van der Waals surface area (Å²) in [5.74, 6) is 0.388. The normalized spacial score (nSPS) is 17.5. The molecule has 0 aromatic heterocycles. The Morgan fingerprint density at radius 1 is 1.18 bits per heavy atom. The van der Waals surface area contributed by atoms with E-state index in [4.69, 9.17) is 0 Å². The van der Waals surface area contributed by atoms with Gasteiger partial charge in [0.05, 0.1) is 6.54 Å². The van der Waals surface area contributed by atoms with Gasteiger partial charge in [-0.1, -0.05) is 17.7 Å². The Balaban J connectivity index is 2.15. The molecule has 2 heteroatoms. The number of benzene rings is 1. The first kappa shape index (κ1) is 12.3. The Kier molecular flexibility index (Phi) is 3.63. The summed E-state index contributed by atoms with van der Waals surface area (Å²) >= 11 is 0. The molecule has 2 rings (SSSR count). The van der Waals surface area contributed by atoms with Gasteiger partial charge >= 0.3 is 0 Å². The molecule has 1 aromatic carbocycles. The van der Waals surface area contributed by atoms with Crippen LogP contribution in [0.1, 0.15) is 35.1 Å². The van der Waals surface area contributed by atoms with Crippen LogP contribution in [0, 0.1) is 20.8 Å². The fourth-order valence-corrected chi connectivity index (χ4v) is 2.73. The monoisotopic (exact) mass is 231 g/mol. The fraction of sp³-hybridized carbons (Fsp3) is 0.533. The molecule has 1 aliphatic rings. The number of nitrogens with zero attached hydrogens (tertiary/aromatic N) is 1. The van der Waals surface area contributed by atoms with Crippen LogP contribution in [-0.2, 0) is 11.3 Å². The van der Waals surface area contributed by atoms with Gasteiger partial charge in [-0.3, -0.25) is 9.69 Å². The molecule has 0 bridgehead atoms. The van der Waals surface area contributed by atoms with Crippen molar-refractivity contribution in [2.45, 2.75) is 40.2 Å². The topological polar surface area (TPSA) is 20.3 Å². The number of rotatable bonds is 2. The van der Waals surface area contributed by atoms with Crippen molar-refractivity contribution < 1.29 is 4.79 Å². The summed E-state index contributed by atoms with van der Waals surface area (Å²) in [6.07, 6.45) is 1.78. The van der Waals surface area contributed by atoms with Crippen LogP contribution < -0.4 is 0 Å². The van der Waals surface area contributed by atoms with E-state index in [1.165, 1.54) is 22.3 Å². The van der Waals surface area contributed by atoms with Gasteiger partial charge in [-0.2, -0.15) is 0 Å². The molecule has 2 nitrogen and oxygen atoms in total. The van der Waals surface area contributed by atoms with Crippen molar-refractivity contribution in [3.63, 3.8) is 0 Å². The predicted octanol–water partition coefficient (Wildman–Crippen LogP) is 2.78. The minimum absolute atomic E-state index is 0.388. The summed E-state index contributed by atoms with van der Waals surface area (Å²) in [5.41, 5.74) is 5.41. The summed E-state index contributed by atoms with van der Waals surface area (Å²) in [5, 5.41) is 0. The van der Waals surface area contributed by atoms with Crippen LogP contribution in [0.5, 0.6) is 0 Å². The van der Waals surface area contributed by atoms with Crippen LogP contribution in [0.3, 0.4) is 0 Å². The molecule has 0 saturated carbocycles. The highest BCUT2D eigenvalue weighted by Crippen LogP contribution is 2.19. The van der Waals surface area contributed by atoms with Crippen LogP contribution in [0.4, 0.5) is 0 Å². The van der Waals surface area contributed by atoms with E-state index >= 15 is 0 Å². The second kappa shape index (κ2) is 5.01. The smallest absolute Gasteiger partial charge is 0.146 e. The van der Waals surface area contributed by atoms with Gasteiger partial charge in [0.25, 0.3) is 0 Å². The molecule has 0 atom stereocenters. The molecule has 0 amide bonds. The molecule has 0 unspecified atom stereocenters. The second-order valence-electron chi connectivity index (χ2n) is 5.23. The molecular weight excluding hydrogens is 210 g/mol. The van der Waals surface area contributed by atoms with Crippen molar-refractivity contribution in [2.75, 3.05) is 13.1 Å². The maximum Gasteiger partial charge on any atom is 0.146 e. The summed E-state index contributed by atoms with van der Waals surface area (Å²) in [6, 6.07) is 4.46. The summed E-state index contributed by atoms with van der Waals surface area (Å²) in [7, 11) is 0. The van der Waals surface area contributed by atoms with E-state index in [2.05, 4.69) is 37.8 Å². The van der Waals surface area contributed by atoms with Crippen molar-refractivity contribution in [3.8, 4) is 0 Å². The third-order valence-corrected chi connectivity index (χ3v) is 3.55. The van der Waals surface area contributed by atoms with Crippen molar-refractivity contribution in [2.24, 2.45) is 0 Å². The minimum Gasteiger partial charge on any atom is -0.298 e. The number of carbonyl (C=O) groups is 1.